The lowest BCUT2D eigenvalue weighted by atomic mass is 10.1. The fraction of sp³-hybridized carbons (Fsp3) is 0.100. The predicted octanol–water partition coefficient (Wildman–Crippen LogP) is 1.88. The average Bonchev–Trinajstić information content (AvgIpc) is 2.70. The van der Waals surface area contributed by atoms with Gasteiger partial charge in [-0.1, -0.05) is 23.8 Å². The maximum Gasteiger partial charge on any atom is 0.292 e. The molecule has 2 heterocycles. The summed E-state index contributed by atoms with van der Waals surface area (Å²) in [4.78, 5) is 29.1. The largest absolute Gasteiger partial charge is 0.292 e. The average molecular weight is 372 g/mol. The number of carbonyl (C=O) groups excluding carboxylic acids is 1. The molecule has 0 spiro atoms. The monoisotopic (exact) mass is 372 g/mol. The SMILES string of the molecule is Cc1ccc(-n2nc(C(=O)N/N=C/c3cccnc3)c(C)c(C#N)c2=O)cc1. The van der Waals surface area contributed by atoms with Crippen molar-refractivity contribution >= 4 is 12.1 Å². The van der Waals surface area contributed by atoms with Crippen molar-refractivity contribution in [1.82, 2.24) is 20.2 Å². The minimum Gasteiger partial charge on any atom is -0.266 e. The zero-order chi connectivity index (χ0) is 20.1. The van der Waals surface area contributed by atoms with Gasteiger partial charge in [-0.05, 0) is 32.0 Å². The zero-order valence-electron chi connectivity index (χ0n) is 15.2. The molecule has 0 aliphatic carbocycles. The summed E-state index contributed by atoms with van der Waals surface area (Å²) in [6.07, 6.45) is 4.65. The van der Waals surface area contributed by atoms with Crippen molar-refractivity contribution in [2.45, 2.75) is 13.8 Å². The van der Waals surface area contributed by atoms with Crippen LogP contribution in [0.3, 0.4) is 0 Å². The number of benzene rings is 1. The second-order valence-electron chi connectivity index (χ2n) is 6.00. The van der Waals surface area contributed by atoms with E-state index in [-0.39, 0.29) is 16.8 Å². The molecule has 0 aliphatic heterocycles. The minimum atomic E-state index is -0.630. The van der Waals surface area contributed by atoms with Crippen LogP contribution in [0.5, 0.6) is 0 Å². The highest BCUT2D eigenvalue weighted by molar-refractivity contribution is 5.94. The van der Waals surface area contributed by atoms with Crippen LogP contribution in [-0.2, 0) is 0 Å². The van der Waals surface area contributed by atoms with Gasteiger partial charge in [-0.2, -0.15) is 20.1 Å². The number of nitrogens with one attached hydrogen (secondary N) is 1. The Balaban J connectivity index is 1.98. The van der Waals surface area contributed by atoms with Crippen LogP contribution >= 0.6 is 0 Å². The molecule has 0 radical (unpaired) electrons. The highest BCUT2D eigenvalue weighted by Gasteiger charge is 2.20. The van der Waals surface area contributed by atoms with Crippen molar-refractivity contribution in [3.8, 4) is 11.8 Å². The summed E-state index contributed by atoms with van der Waals surface area (Å²) in [5.41, 5.74) is 3.95. The molecule has 0 saturated carbocycles. The highest BCUT2D eigenvalue weighted by Crippen LogP contribution is 2.11. The third-order valence-corrected chi connectivity index (χ3v) is 4.01. The van der Waals surface area contributed by atoms with Gasteiger partial charge < -0.3 is 0 Å². The fourth-order valence-corrected chi connectivity index (χ4v) is 2.48. The zero-order valence-corrected chi connectivity index (χ0v) is 15.2. The number of pyridine rings is 1. The van der Waals surface area contributed by atoms with Gasteiger partial charge in [0.2, 0.25) is 0 Å². The van der Waals surface area contributed by atoms with E-state index in [2.05, 4.69) is 20.6 Å². The van der Waals surface area contributed by atoms with E-state index in [4.69, 9.17) is 0 Å². The van der Waals surface area contributed by atoms with Crippen LogP contribution in [0.15, 0.2) is 58.7 Å². The van der Waals surface area contributed by atoms with Gasteiger partial charge >= 0.3 is 0 Å². The number of rotatable bonds is 4. The summed E-state index contributed by atoms with van der Waals surface area (Å²) in [5, 5.41) is 17.4. The summed E-state index contributed by atoms with van der Waals surface area (Å²) < 4.78 is 1.05. The molecule has 8 nitrogen and oxygen atoms in total. The quantitative estimate of drug-likeness (QED) is 0.555. The maximum atomic E-state index is 12.6. The summed E-state index contributed by atoms with van der Waals surface area (Å²) in [7, 11) is 0. The summed E-state index contributed by atoms with van der Waals surface area (Å²) in [6, 6.07) is 12.4. The third-order valence-electron chi connectivity index (χ3n) is 4.01. The van der Waals surface area contributed by atoms with E-state index in [1.807, 2.05) is 25.1 Å². The Morgan fingerprint density at radius 2 is 2.00 bits per heavy atom. The number of hydrogen-bond acceptors (Lipinski definition) is 6. The van der Waals surface area contributed by atoms with Crippen molar-refractivity contribution in [2.75, 3.05) is 0 Å². The van der Waals surface area contributed by atoms with Gasteiger partial charge in [-0.15, -0.1) is 0 Å². The van der Waals surface area contributed by atoms with Gasteiger partial charge in [-0.25, -0.2) is 5.43 Å². The topological polar surface area (TPSA) is 113 Å². The van der Waals surface area contributed by atoms with Gasteiger partial charge in [0.1, 0.15) is 11.6 Å². The lowest BCUT2D eigenvalue weighted by molar-refractivity contribution is 0.0947. The minimum absolute atomic E-state index is 0.0555. The molecule has 8 heteroatoms. The molecule has 0 atom stereocenters. The molecule has 1 aromatic carbocycles. The lowest BCUT2D eigenvalue weighted by Crippen LogP contribution is -2.31. The Morgan fingerprint density at radius 3 is 2.64 bits per heavy atom. The van der Waals surface area contributed by atoms with Gasteiger partial charge in [0.25, 0.3) is 11.5 Å². The number of hydrogen-bond donors (Lipinski definition) is 1. The molecule has 1 N–H and O–H groups in total. The normalized spacial score (nSPS) is 10.6. The molecule has 0 aliphatic rings. The fourth-order valence-electron chi connectivity index (χ4n) is 2.48. The van der Waals surface area contributed by atoms with Gasteiger partial charge in [0.15, 0.2) is 5.69 Å². The van der Waals surface area contributed by atoms with Crippen molar-refractivity contribution < 1.29 is 4.79 Å². The Bertz CT molecular complexity index is 1140. The number of hydrazone groups is 1. The van der Waals surface area contributed by atoms with Crippen molar-refractivity contribution in [3.63, 3.8) is 0 Å². The molecule has 138 valence electrons. The number of aromatic nitrogens is 3. The Kier molecular flexibility index (Phi) is 5.37. The Hall–Kier alpha value is -4.12. The highest BCUT2D eigenvalue weighted by atomic mass is 16.2. The molecular weight excluding hydrogens is 356 g/mol. The smallest absolute Gasteiger partial charge is 0.266 e. The van der Waals surface area contributed by atoms with E-state index < -0.39 is 11.5 Å². The molecule has 3 rings (SSSR count). The molecule has 0 unspecified atom stereocenters. The molecular formula is C20H16N6O2. The van der Waals surface area contributed by atoms with E-state index in [0.717, 1.165) is 10.2 Å². The number of nitriles is 1. The molecule has 0 fully saturated rings. The number of aryl methyl sites for hydroxylation is 1. The number of carbonyl (C=O) groups is 1. The maximum absolute atomic E-state index is 12.6. The number of nitrogens with zero attached hydrogens (tertiary/aromatic N) is 5. The second-order valence-corrected chi connectivity index (χ2v) is 6.00. The van der Waals surface area contributed by atoms with E-state index in [0.29, 0.717) is 11.3 Å². The predicted molar refractivity (Wildman–Crippen MR) is 103 cm³/mol. The molecule has 2 aromatic heterocycles. The summed E-state index contributed by atoms with van der Waals surface area (Å²) in [5.74, 6) is -0.630. The van der Waals surface area contributed by atoms with E-state index in [9.17, 15) is 14.9 Å². The lowest BCUT2D eigenvalue weighted by Gasteiger charge is -2.10. The van der Waals surface area contributed by atoms with Crippen LogP contribution in [0.1, 0.15) is 32.7 Å². The van der Waals surface area contributed by atoms with E-state index in [1.165, 1.54) is 13.1 Å². The third kappa shape index (κ3) is 3.83. The molecule has 28 heavy (non-hydrogen) atoms. The molecule has 0 saturated heterocycles. The van der Waals surface area contributed by atoms with Crippen LogP contribution in [0.4, 0.5) is 0 Å². The van der Waals surface area contributed by atoms with E-state index >= 15 is 0 Å². The van der Waals surface area contributed by atoms with Gasteiger partial charge in [-0.3, -0.25) is 14.6 Å². The van der Waals surface area contributed by atoms with Crippen LogP contribution in [0, 0.1) is 25.2 Å². The van der Waals surface area contributed by atoms with E-state index in [1.54, 1.807) is 36.7 Å². The van der Waals surface area contributed by atoms with Crippen molar-refractivity contribution in [3.05, 3.63) is 87.1 Å². The molecule has 1 amide bonds. The first kappa shape index (κ1) is 18.7. The van der Waals surface area contributed by atoms with Crippen LogP contribution in [-0.4, -0.2) is 26.9 Å². The van der Waals surface area contributed by atoms with Crippen LogP contribution < -0.4 is 11.0 Å². The van der Waals surface area contributed by atoms with Gasteiger partial charge in [0, 0.05) is 23.5 Å². The first-order chi connectivity index (χ1) is 13.5. The first-order valence-corrected chi connectivity index (χ1v) is 8.35. The Morgan fingerprint density at radius 1 is 1.25 bits per heavy atom. The Labute approximate surface area is 160 Å². The van der Waals surface area contributed by atoms with Crippen LogP contribution in [0.25, 0.3) is 5.69 Å². The molecule has 0 bridgehead atoms. The summed E-state index contributed by atoms with van der Waals surface area (Å²) in [6.45, 7) is 3.42. The standard InChI is InChI=1S/C20H16N6O2/c1-13-5-7-16(8-6-13)26-20(28)17(10-21)14(2)18(25-26)19(27)24-23-12-15-4-3-9-22-11-15/h3-9,11-12H,1-2H3,(H,24,27)/b23-12+. The van der Waals surface area contributed by atoms with Crippen molar-refractivity contribution in [2.24, 2.45) is 5.10 Å². The van der Waals surface area contributed by atoms with Gasteiger partial charge in [0.05, 0.1) is 11.9 Å². The molecule has 3 aromatic rings. The summed E-state index contributed by atoms with van der Waals surface area (Å²) >= 11 is 0. The second kappa shape index (κ2) is 8.05. The van der Waals surface area contributed by atoms with Crippen molar-refractivity contribution in [1.29, 1.82) is 5.26 Å². The van der Waals surface area contributed by atoms with Crippen LogP contribution in [0.2, 0.25) is 0 Å². The first-order valence-electron chi connectivity index (χ1n) is 8.35. The number of amides is 1.